The van der Waals surface area contributed by atoms with Crippen LogP contribution in [0, 0.1) is 0 Å². The number of carbonyl (C=O) groups excluding carboxylic acids is 1. The summed E-state index contributed by atoms with van der Waals surface area (Å²) < 4.78 is 11.3. The van der Waals surface area contributed by atoms with Crippen molar-refractivity contribution < 1.29 is 19.2 Å². The third-order valence-electron chi connectivity index (χ3n) is 5.49. The topological polar surface area (TPSA) is 52.0 Å². The molecule has 5 heteroatoms. The first-order valence-electron chi connectivity index (χ1n) is 9.86. The van der Waals surface area contributed by atoms with Gasteiger partial charge in [0.2, 0.25) is 0 Å². The largest absolute Gasteiger partial charge is 0.486 e. The second-order valence-corrected chi connectivity index (χ2v) is 7.28. The number of hydrogen-bond acceptors (Lipinski definition) is 3. The predicted octanol–water partition coefficient (Wildman–Crippen LogP) is 2.38. The monoisotopic (exact) mass is 367 g/mol. The van der Waals surface area contributed by atoms with Gasteiger partial charge in [0, 0.05) is 24.1 Å². The van der Waals surface area contributed by atoms with Crippen LogP contribution in [0.15, 0.2) is 42.5 Å². The fourth-order valence-electron chi connectivity index (χ4n) is 4.04. The van der Waals surface area contributed by atoms with Gasteiger partial charge in [-0.1, -0.05) is 19.1 Å². The van der Waals surface area contributed by atoms with Gasteiger partial charge in [-0.3, -0.25) is 4.79 Å². The lowest BCUT2D eigenvalue weighted by atomic mass is 10.0. The van der Waals surface area contributed by atoms with Crippen LogP contribution in [0.3, 0.4) is 0 Å². The molecule has 0 spiro atoms. The highest BCUT2D eigenvalue weighted by Gasteiger charge is 2.32. The van der Waals surface area contributed by atoms with E-state index < -0.39 is 0 Å². The molecule has 0 saturated carbocycles. The molecule has 1 amide bonds. The van der Waals surface area contributed by atoms with Gasteiger partial charge in [-0.15, -0.1) is 0 Å². The van der Waals surface area contributed by atoms with Crippen LogP contribution in [0.25, 0.3) is 0 Å². The summed E-state index contributed by atoms with van der Waals surface area (Å²) in [6.07, 6.45) is 3.23. The van der Waals surface area contributed by atoms with E-state index in [4.69, 9.17) is 9.47 Å². The van der Waals surface area contributed by atoms with Crippen molar-refractivity contribution in [2.45, 2.75) is 32.2 Å². The maximum absolute atomic E-state index is 12.6. The summed E-state index contributed by atoms with van der Waals surface area (Å²) in [5.41, 5.74) is 3.37. The summed E-state index contributed by atoms with van der Waals surface area (Å²) in [4.78, 5) is 13.9. The predicted molar refractivity (Wildman–Crippen MR) is 105 cm³/mol. The van der Waals surface area contributed by atoms with Gasteiger partial charge >= 0.3 is 0 Å². The number of benzene rings is 2. The van der Waals surface area contributed by atoms with E-state index in [-0.39, 0.29) is 5.91 Å². The molecule has 2 aliphatic heterocycles. The number of ether oxygens (including phenoxy) is 2. The highest BCUT2D eigenvalue weighted by Crippen LogP contribution is 2.33. The van der Waals surface area contributed by atoms with Gasteiger partial charge in [-0.25, -0.2) is 0 Å². The van der Waals surface area contributed by atoms with Gasteiger partial charge in [-0.2, -0.15) is 0 Å². The standard InChI is InChI=1S/C22H26N2O3/c1-2-16-5-8-18(9-6-16)23-22(25)15-24-11-3-4-19(24)17-7-10-20-21(14-17)27-13-12-26-20/h5-10,14,19H,2-4,11-13,15H2,1H3,(H,23,25)/p+1/t19-/m0/s1. The fourth-order valence-corrected chi connectivity index (χ4v) is 4.04. The van der Waals surface area contributed by atoms with Crippen LogP contribution < -0.4 is 19.7 Å². The van der Waals surface area contributed by atoms with Crippen LogP contribution in [0.1, 0.15) is 36.9 Å². The zero-order valence-corrected chi connectivity index (χ0v) is 15.8. The average molecular weight is 367 g/mol. The van der Waals surface area contributed by atoms with E-state index in [9.17, 15) is 4.79 Å². The fraction of sp³-hybridized carbons (Fsp3) is 0.409. The highest BCUT2D eigenvalue weighted by atomic mass is 16.6. The van der Waals surface area contributed by atoms with E-state index in [0.29, 0.717) is 25.8 Å². The number of quaternary nitrogens is 1. The Morgan fingerprint density at radius 2 is 1.89 bits per heavy atom. The Kier molecular flexibility index (Phi) is 5.30. The Labute approximate surface area is 160 Å². The zero-order valence-electron chi connectivity index (χ0n) is 15.8. The minimum absolute atomic E-state index is 0.0682. The van der Waals surface area contributed by atoms with E-state index in [1.165, 1.54) is 16.0 Å². The van der Waals surface area contributed by atoms with Crippen molar-refractivity contribution in [3.63, 3.8) is 0 Å². The Bertz CT molecular complexity index is 804. The number of amides is 1. The molecule has 2 heterocycles. The van der Waals surface area contributed by atoms with E-state index >= 15 is 0 Å². The summed E-state index contributed by atoms with van der Waals surface area (Å²) in [5.74, 6) is 1.71. The molecule has 27 heavy (non-hydrogen) atoms. The van der Waals surface area contributed by atoms with Gasteiger partial charge in [0.15, 0.2) is 18.0 Å². The van der Waals surface area contributed by atoms with E-state index in [1.54, 1.807) is 0 Å². The van der Waals surface area contributed by atoms with Crippen molar-refractivity contribution in [2.24, 2.45) is 0 Å². The molecule has 142 valence electrons. The maximum atomic E-state index is 12.6. The van der Waals surface area contributed by atoms with Crippen molar-refractivity contribution in [1.29, 1.82) is 0 Å². The SMILES string of the molecule is CCc1ccc(NC(=O)C[NH+]2CCC[C@H]2c2ccc3c(c2)OCCO3)cc1. The summed E-state index contributed by atoms with van der Waals surface area (Å²) in [5, 5.41) is 3.04. The molecule has 2 atom stereocenters. The van der Waals surface area contributed by atoms with Crippen LogP contribution in [-0.2, 0) is 11.2 Å². The number of aryl methyl sites for hydroxylation is 1. The Morgan fingerprint density at radius 1 is 1.11 bits per heavy atom. The quantitative estimate of drug-likeness (QED) is 0.853. The van der Waals surface area contributed by atoms with Crippen molar-refractivity contribution in [3.05, 3.63) is 53.6 Å². The van der Waals surface area contributed by atoms with Gasteiger partial charge in [0.05, 0.1) is 6.54 Å². The number of rotatable bonds is 5. The molecule has 0 radical (unpaired) electrons. The number of hydrogen-bond donors (Lipinski definition) is 2. The summed E-state index contributed by atoms with van der Waals surface area (Å²) >= 11 is 0. The number of nitrogens with one attached hydrogen (secondary N) is 2. The molecule has 1 saturated heterocycles. The molecule has 2 aromatic carbocycles. The van der Waals surface area contributed by atoms with Gasteiger partial charge in [0.25, 0.3) is 5.91 Å². The number of fused-ring (bicyclic) bond motifs is 1. The van der Waals surface area contributed by atoms with Crippen molar-refractivity contribution in [2.75, 3.05) is 31.6 Å². The molecule has 1 fully saturated rings. The molecule has 0 aliphatic carbocycles. The number of likely N-dealkylation sites (tertiary alicyclic amines) is 1. The molecular formula is C22H27N2O3+. The Balaban J connectivity index is 1.41. The molecule has 0 aromatic heterocycles. The Morgan fingerprint density at radius 3 is 2.67 bits per heavy atom. The van der Waals surface area contributed by atoms with Crippen molar-refractivity contribution in [3.8, 4) is 11.5 Å². The number of carbonyl (C=O) groups is 1. The molecule has 2 aromatic rings. The summed E-state index contributed by atoms with van der Waals surface area (Å²) in [6, 6.07) is 14.6. The highest BCUT2D eigenvalue weighted by molar-refractivity contribution is 5.91. The first-order chi connectivity index (χ1) is 13.2. The lowest BCUT2D eigenvalue weighted by Gasteiger charge is -2.24. The first kappa shape index (κ1) is 17.9. The van der Waals surface area contributed by atoms with Gasteiger partial charge in [-0.05, 0) is 42.3 Å². The van der Waals surface area contributed by atoms with Crippen LogP contribution in [-0.4, -0.2) is 32.2 Å². The third kappa shape index (κ3) is 4.08. The van der Waals surface area contributed by atoms with Crippen LogP contribution in [0.4, 0.5) is 5.69 Å². The van der Waals surface area contributed by atoms with Crippen LogP contribution in [0.2, 0.25) is 0 Å². The van der Waals surface area contributed by atoms with Crippen molar-refractivity contribution in [1.82, 2.24) is 0 Å². The molecule has 5 nitrogen and oxygen atoms in total. The van der Waals surface area contributed by atoms with E-state index in [2.05, 4.69) is 36.5 Å². The van der Waals surface area contributed by atoms with Crippen LogP contribution in [0.5, 0.6) is 11.5 Å². The normalized spacial score (nSPS) is 21.1. The van der Waals surface area contributed by atoms with E-state index in [0.717, 1.165) is 43.0 Å². The summed E-state index contributed by atoms with van der Waals surface area (Å²) in [6.45, 7) is 4.82. The molecule has 4 rings (SSSR count). The average Bonchev–Trinajstić information content (AvgIpc) is 3.16. The molecular weight excluding hydrogens is 340 g/mol. The third-order valence-corrected chi connectivity index (χ3v) is 5.49. The smallest absolute Gasteiger partial charge is 0.279 e. The van der Waals surface area contributed by atoms with Gasteiger partial charge in [0.1, 0.15) is 19.3 Å². The van der Waals surface area contributed by atoms with Crippen LogP contribution >= 0.6 is 0 Å². The lowest BCUT2D eigenvalue weighted by Crippen LogP contribution is -3.11. The minimum atomic E-state index is 0.0682. The first-order valence-corrected chi connectivity index (χ1v) is 9.86. The summed E-state index contributed by atoms with van der Waals surface area (Å²) in [7, 11) is 0. The molecule has 1 unspecified atom stereocenters. The van der Waals surface area contributed by atoms with Gasteiger partial charge < -0.3 is 19.7 Å². The number of anilines is 1. The minimum Gasteiger partial charge on any atom is -0.486 e. The van der Waals surface area contributed by atoms with E-state index in [1.807, 2.05) is 18.2 Å². The lowest BCUT2D eigenvalue weighted by molar-refractivity contribution is -0.910. The Hall–Kier alpha value is -2.53. The van der Waals surface area contributed by atoms with Crippen molar-refractivity contribution >= 4 is 11.6 Å². The molecule has 2 aliphatic rings. The second kappa shape index (κ2) is 8.01. The zero-order chi connectivity index (χ0) is 18.6. The second-order valence-electron chi connectivity index (χ2n) is 7.28. The maximum Gasteiger partial charge on any atom is 0.279 e. The molecule has 0 bridgehead atoms. The molecule has 2 N–H and O–H groups in total.